The van der Waals surface area contributed by atoms with E-state index in [4.69, 9.17) is 0 Å². The Morgan fingerprint density at radius 2 is 2.05 bits per heavy atom. The summed E-state index contributed by atoms with van der Waals surface area (Å²) in [6, 6.07) is 0.585. The summed E-state index contributed by atoms with van der Waals surface area (Å²) in [5, 5.41) is 3.45. The van der Waals surface area contributed by atoms with Crippen LogP contribution in [0.5, 0.6) is 0 Å². The molecule has 0 spiro atoms. The van der Waals surface area contributed by atoms with Gasteiger partial charge in [-0.1, -0.05) is 19.8 Å². The topological polar surface area (TPSA) is 32.3 Å². The zero-order valence-electron chi connectivity index (χ0n) is 12.7. The Morgan fingerprint density at radius 1 is 1.21 bits per heavy atom. The molecule has 0 aromatic heterocycles. The van der Waals surface area contributed by atoms with E-state index in [2.05, 4.69) is 24.1 Å². The van der Waals surface area contributed by atoms with Crippen LogP contribution in [0.2, 0.25) is 0 Å². The van der Waals surface area contributed by atoms with Crippen LogP contribution in [0, 0.1) is 11.8 Å². The molecule has 0 aromatic carbocycles. The second-order valence-corrected chi connectivity index (χ2v) is 6.49. The van der Waals surface area contributed by atoms with Gasteiger partial charge in [0.1, 0.15) is 0 Å². The summed E-state index contributed by atoms with van der Waals surface area (Å²) in [6.45, 7) is 7.35. The highest BCUT2D eigenvalue weighted by molar-refractivity contribution is 5.79. The van der Waals surface area contributed by atoms with Crippen molar-refractivity contribution < 1.29 is 4.79 Å². The van der Waals surface area contributed by atoms with Crippen molar-refractivity contribution in [3.05, 3.63) is 0 Å². The molecule has 2 saturated heterocycles. The van der Waals surface area contributed by atoms with Crippen LogP contribution in [-0.4, -0.2) is 36.5 Å². The third-order valence-electron chi connectivity index (χ3n) is 4.87. The molecule has 1 N–H and O–H groups in total. The Hall–Kier alpha value is -0.570. The van der Waals surface area contributed by atoms with E-state index in [0.29, 0.717) is 11.9 Å². The Labute approximate surface area is 118 Å². The molecule has 0 aromatic rings. The van der Waals surface area contributed by atoms with Crippen molar-refractivity contribution in [1.29, 1.82) is 0 Å². The number of hydrogen-bond acceptors (Lipinski definition) is 2. The lowest BCUT2D eigenvalue weighted by atomic mass is 9.94. The van der Waals surface area contributed by atoms with Gasteiger partial charge in [0, 0.05) is 25.7 Å². The fourth-order valence-electron chi connectivity index (χ4n) is 3.55. The lowest BCUT2D eigenvalue weighted by Crippen LogP contribution is -2.46. The summed E-state index contributed by atoms with van der Waals surface area (Å²) in [6.07, 6.45) is 8.57. The van der Waals surface area contributed by atoms with Crippen LogP contribution in [0.15, 0.2) is 0 Å². The highest BCUT2D eigenvalue weighted by Crippen LogP contribution is 2.24. The van der Waals surface area contributed by atoms with E-state index >= 15 is 0 Å². The number of rotatable bonds is 3. The van der Waals surface area contributed by atoms with Crippen LogP contribution in [0.4, 0.5) is 0 Å². The maximum Gasteiger partial charge on any atom is 0.226 e. The summed E-state index contributed by atoms with van der Waals surface area (Å²) >= 11 is 0. The van der Waals surface area contributed by atoms with Crippen LogP contribution in [0.25, 0.3) is 0 Å². The average Bonchev–Trinajstić information content (AvgIpc) is 2.65. The third-order valence-corrected chi connectivity index (χ3v) is 4.87. The monoisotopic (exact) mass is 266 g/mol. The second kappa shape index (κ2) is 7.28. The maximum absolute atomic E-state index is 12.6. The van der Waals surface area contributed by atoms with Crippen molar-refractivity contribution in [3.63, 3.8) is 0 Å². The average molecular weight is 266 g/mol. The largest absolute Gasteiger partial charge is 0.342 e. The molecule has 1 amide bonds. The molecule has 3 heteroatoms. The number of nitrogens with one attached hydrogen (secondary N) is 1. The number of carbonyl (C=O) groups excluding carboxylic acids is 1. The van der Waals surface area contributed by atoms with Gasteiger partial charge in [-0.05, 0) is 44.9 Å². The molecule has 2 heterocycles. The molecule has 3 nitrogen and oxygen atoms in total. The lowest BCUT2D eigenvalue weighted by molar-refractivity contribution is -0.136. The normalized spacial score (nSPS) is 32.9. The van der Waals surface area contributed by atoms with E-state index in [0.717, 1.165) is 38.4 Å². The molecule has 0 bridgehead atoms. The number of hydrogen-bond donors (Lipinski definition) is 1. The molecule has 2 aliphatic rings. The van der Waals surface area contributed by atoms with Gasteiger partial charge in [0.25, 0.3) is 0 Å². The molecule has 2 fully saturated rings. The maximum atomic E-state index is 12.6. The molecule has 3 unspecified atom stereocenters. The molecule has 2 aliphatic heterocycles. The van der Waals surface area contributed by atoms with Crippen molar-refractivity contribution >= 4 is 5.91 Å². The minimum Gasteiger partial charge on any atom is -0.342 e. The summed E-state index contributed by atoms with van der Waals surface area (Å²) in [4.78, 5) is 14.7. The second-order valence-electron chi connectivity index (χ2n) is 6.49. The van der Waals surface area contributed by atoms with E-state index in [-0.39, 0.29) is 5.92 Å². The zero-order chi connectivity index (χ0) is 13.7. The highest BCUT2D eigenvalue weighted by Gasteiger charge is 2.29. The van der Waals surface area contributed by atoms with Gasteiger partial charge >= 0.3 is 0 Å². The first-order chi connectivity index (χ1) is 9.20. The predicted molar refractivity (Wildman–Crippen MR) is 79.0 cm³/mol. The summed E-state index contributed by atoms with van der Waals surface area (Å²) in [7, 11) is 0. The first-order valence-corrected chi connectivity index (χ1v) is 8.23. The summed E-state index contributed by atoms with van der Waals surface area (Å²) < 4.78 is 0. The fraction of sp³-hybridized carbons (Fsp3) is 0.938. The summed E-state index contributed by atoms with van der Waals surface area (Å²) in [5.41, 5.74) is 0. The van der Waals surface area contributed by atoms with E-state index in [1.165, 1.54) is 32.1 Å². The molecule has 2 rings (SSSR count). The Kier molecular flexibility index (Phi) is 5.68. The van der Waals surface area contributed by atoms with Crippen LogP contribution < -0.4 is 5.32 Å². The summed E-state index contributed by atoms with van der Waals surface area (Å²) in [5.74, 6) is 1.50. The molecule has 0 aliphatic carbocycles. The predicted octanol–water partition coefficient (Wildman–Crippen LogP) is 2.80. The smallest absolute Gasteiger partial charge is 0.226 e. The molecule has 0 saturated carbocycles. The van der Waals surface area contributed by atoms with Crippen molar-refractivity contribution in [2.45, 2.75) is 64.8 Å². The Balaban J connectivity index is 1.82. The fourth-order valence-corrected chi connectivity index (χ4v) is 3.55. The van der Waals surface area contributed by atoms with Gasteiger partial charge in [-0.3, -0.25) is 4.79 Å². The Bertz CT molecular complexity index is 284. The van der Waals surface area contributed by atoms with Crippen molar-refractivity contribution in [1.82, 2.24) is 10.2 Å². The van der Waals surface area contributed by atoms with Crippen molar-refractivity contribution in [2.24, 2.45) is 11.8 Å². The van der Waals surface area contributed by atoms with Gasteiger partial charge in [0.15, 0.2) is 0 Å². The van der Waals surface area contributed by atoms with Gasteiger partial charge < -0.3 is 10.2 Å². The number of amides is 1. The first kappa shape index (κ1) is 14.8. The molecular formula is C16H30N2O. The van der Waals surface area contributed by atoms with E-state index < -0.39 is 0 Å². The van der Waals surface area contributed by atoms with Gasteiger partial charge in [0.05, 0.1) is 5.92 Å². The molecule has 0 radical (unpaired) electrons. The van der Waals surface area contributed by atoms with Crippen molar-refractivity contribution in [3.8, 4) is 0 Å². The third kappa shape index (κ3) is 4.20. The van der Waals surface area contributed by atoms with Gasteiger partial charge in [-0.25, -0.2) is 0 Å². The van der Waals surface area contributed by atoms with Gasteiger partial charge in [0.2, 0.25) is 5.91 Å². The van der Waals surface area contributed by atoms with Crippen molar-refractivity contribution in [2.75, 3.05) is 19.6 Å². The molecule has 3 atom stereocenters. The highest BCUT2D eigenvalue weighted by atomic mass is 16.2. The van der Waals surface area contributed by atoms with Crippen LogP contribution in [0.1, 0.15) is 58.8 Å². The molecular weight excluding hydrogens is 236 g/mol. The van der Waals surface area contributed by atoms with Crippen LogP contribution in [0.3, 0.4) is 0 Å². The van der Waals surface area contributed by atoms with Crippen LogP contribution >= 0.6 is 0 Å². The quantitative estimate of drug-likeness (QED) is 0.852. The zero-order valence-corrected chi connectivity index (χ0v) is 12.7. The molecule has 110 valence electrons. The minimum atomic E-state index is 0.235. The number of piperidine rings is 1. The van der Waals surface area contributed by atoms with E-state index in [1.807, 2.05) is 0 Å². The first-order valence-electron chi connectivity index (χ1n) is 8.23. The SMILES string of the molecule is CCCC1CCCN(C(=O)C2CCC(C)NC2)CC1. The van der Waals surface area contributed by atoms with Crippen LogP contribution in [-0.2, 0) is 4.79 Å². The van der Waals surface area contributed by atoms with Gasteiger partial charge in [-0.2, -0.15) is 0 Å². The standard InChI is InChI=1S/C16H30N2O/c1-3-5-14-6-4-10-18(11-9-14)16(19)15-8-7-13(2)17-12-15/h13-15,17H,3-12H2,1-2H3. The number of likely N-dealkylation sites (tertiary alicyclic amines) is 1. The van der Waals surface area contributed by atoms with E-state index in [1.54, 1.807) is 0 Å². The minimum absolute atomic E-state index is 0.235. The number of carbonyl (C=O) groups is 1. The lowest BCUT2D eigenvalue weighted by Gasteiger charge is -2.31. The Morgan fingerprint density at radius 3 is 2.74 bits per heavy atom. The number of nitrogens with zero attached hydrogens (tertiary/aromatic N) is 1. The molecule has 19 heavy (non-hydrogen) atoms. The van der Waals surface area contributed by atoms with E-state index in [9.17, 15) is 4.79 Å². The van der Waals surface area contributed by atoms with Gasteiger partial charge in [-0.15, -0.1) is 0 Å².